The van der Waals surface area contributed by atoms with E-state index in [0.717, 1.165) is 0 Å². The van der Waals surface area contributed by atoms with E-state index < -0.39 is 17.0 Å². The van der Waals surface area contributed by atoms with Gasteiger partial charge in [-0.3, -0.25) is 0 Å². The van der Waals surface area contributed by atoms with E-state index in [1.165, 1.54) is 0 Å². The van der Waals surface area contributed by atoms with Crippen LogP contribution in [0.5, 0.6) is 0 Å². The molecule has 0 aromatic heterocycles. The van der Waals surface area contributed by atoms with Crippen molar-refractivity contribution in [2.45, 2.75) is 0 Å². The summed E-state index contributed by atoms with van der Waals surface area (Å²) in [5, 5.41) is 7.59. The van der Waals surface area contributed by atoms with Gasteiger partial charge >= 0.3 is 29.6 Å². The zero-order valence-electron chi connectivity index (χ0n) is 3.13. The average Bonchev–Trinajstić information content (AvgIpc) is 1.38. The second-order valence-electron chi connectivity index (χ2n) is 0.451. The minimum absolute atomic E-state index is 0. The summed E-state index contributed by atoms with van der Waals surface area (Å²) in [7, 11) is 0. The first-order valence-electron chi connectivity index (χ1n) is 0.954. The molecule has 6 heteroatoms. The standard InChI is InChI=1S/CH4O3S.H3N.Na.H/c2-1-5(3)4;;;/h2H,1H2,(H,3,4);1H3;;. The molecule has 0 rings (SSSR count). The van der Waals surface area contributed by atoms with Crippen LogP contribution in [0, 0.1) is 0 Å². The maximum atomic E-state index is 9.23. The van der Waals surface area contributed by atoms with E-state index >= 15 is 0 Å². The molecule has 1 unspecified atom stereocenters. The van der Waals surface area contributed by atoms with Crippen molar-refractivity contribution in [3.8, 4) is 0 Å². The molecule has 0 aliphatic carbocycles. The van der Waals surface area contributed by atoms with Gasteiger partial charge in [0.15, 0.2) is 11.1 Å². The summed E-state index contributed by atoms with van der Waals surface area (Å²) >= 11 is -2.02. The third-order valence-electron chi connectivity index (χ3n) is 0.110. The Morgan fingerprint density at radius 2 is 1.71 bits per heavy atom. The van der Waals surface area contributed by atoms with Crippen molar-refractivity contribution in [3.63, 3.8) is 0 Å². The van der Waals surface area contributed by atoms with E-state index in [1.54, 1.807) is 0 Å². The minimum atomic E-state index is -2.02. The third-order valence-corrected chi connectivity index (χ3v) is 0.331. The van der Waals surface area contributed by atoms with Crippen molar-refractivity contribution in [1.82, 2.24) is 6.15 Å². The molecule has 0 aromatic rings. The quantitative estimate of drug-likeness (QED) is 0.308. The van der Waals surface area contributed by atoms with Gasteiger partial charge in [-0.15, -0.1) is 0 Å². The van der Waals surface area contributed by atoms with Gasteiger partial charge in [-0.05, 0) is 0 Å². The van der Waals surface area contributed by atoms with E-state index in [9.17, 15) is 4.21 Å². The molecular weight excluding hydrogens is 129 g/mol. The van der Waals surface area contributed by atoms with Crippen LogP contribution in [0.25, 0.3) is 0 Å². The first-order valence-corrected chi connectivity index (χ1v) is 2.23. The third kappa shape index (κ3) is 19.4. The SMILES string of the molecule is N.O=S(O)CO.[NaH]. The number of aliphatic hydroxyl groups is 1. The van der Waals surface area contributed by atoms with Crippen LogP contribution in [0.15, 0.2) is 0 Å². The molecule has 0 aromatic carbocycles. The fraction of sp³-hybridized carbons (Fsp3) is 1.00. The molecule has 0 bridgehead atoms. The average molecular weight is 137 g/mol. The Bertz CT molecular complexity index is 50.2. The molecule has 0 spiro atoms. The molecule has 0 saturated heterocycles. The Morgan fingerprint density at radius 1 is 1.57 bits per heavy atom. The molecule has 4 nitrogen and oxygen atoms in total. The number of aliphatic hydroxyl groups excluding tert-OH is 1. The van der Waals surface area contributed by atoms with Gasteiger partial charge in [-0.25, -0.2) is 4.21 Å². The molecule has 0 aliphatic heterocycles. The van der Waals surface area contributed by atoms with Crippen molar-refractivity contribution in [2.75, 3.05) is 5.94 Å². The number of hydrogen-bond donors (Lipinski definition) is 3. The normalized spacial score (nSPS) is 10.6. The molecule has 0 saturated carbocycles. The maximum absolute atomic E-state index is 9.23. The summed E-state index contributed by atoms with van der Waals surface area (Å²) in [6, 6.07) is 0. The fourth-order valence-corrected chi connectivity index (χ4v) is 0. The summed E-state index contributed by atoms with van der Waals surface area (Å²) in [4.78, 5) is 0. The molecule has 0 fully saturated rings. The predicted molar refractivity (Wildman–Crippen MR) is 30.0 cm³/mol. The molecule has 1 atom stereocenters. The van der Waals surface area contributed by atoms with Gasteiger partial charge in [0.25, 0.3) is 0 Å². The second kappa shape index (κ2) is 10.1. The second-order valence-corrected chi connectivity index (χ2v) is 1.35. The van der Waals surface area contributed by atoms with E-state index in [1.807, 2.05) is 0 Å². The van der Waals surface area contributed by atoms with E-state index in [0.29, 0.717) is 0 Å². The Labute approximate surface area is 66.5 Å². The Balaban J connectivity index is -0.0000000800. The molecule has 0 amide bonds. The van der Waals surface area contributed by atoms with Gasteiger partial charge in [-0.2, -0.15) is 0 Å². The van der Waals surface area contributed by atoms with Crippen LogP contribution in [0.4, 0.5) is 0 Å². The Hall–Kier alpha value is 1.03. The molecule has 0 radical (unpaired) electrons. The summed E-state index contributed by atoms with van der Waals surface area (Å²) < 4.78 is 16.8. The monoisotopic (exact) mass is 137 g/mol. The van der Waals surface area contributed by atoms with Crippen LogP contribution in [0.1, 0.15) is 0 Å². The zero-order valence-corrected chi connectivity index (χ0v) is 3.94. The zero-order chi connectivity index (χ0) is 4.28. The Morgan fingerprint density at radius 3 is 1.71 bits per heavy atom. The summed E-state index contributed by atoms with van der Waals surface area (Å²) in [5.74, 6) is -0.667. The van der Waals surface area contributed by atoms with E-state index in [4.69, 9.17) is 9.66 Å². The number of rotatable bonds is 1. The molecular formula is CH8NNaO3S. The van der Waals surface area contributed by atoms with Crippen LogP contribution >= 0.6 is 0 Å². The number of hydrogen-bond acceptors (Lipinski definition) is 3. The molecule has 0 heterocycles. The molecule has 5 N–H and O–H groups in total. The van der Waals surface area contributed by atoms with E-state index in [2.05, 4.69) is 0 Å². The van der Waals surface area contributed by atoms with Gasteiger partial charge in [0.2, 0.25) is 0 Å². The molecule has 0 aliphatic rings. The topological polar surface area (TPSA) is 92.5 Å². The first kappa shape index (κ1) is 15.7. The van der Waals surface area contributed by atoms with Crippen molar-refractivity contribution in [3.05, 3.63) is 0 Å². The van der Waals surface area contributed by atoms with Crippen molar-refractivity contribution in [1.29, 1.82) is 0 Å². The van der Waals surface area contributed by atoms with E-state index in [-0.39, 0.29) is 35.7 Å². The first-order chi connectivity index (χ1) is 2.27. The summed E-state index contributed by atoms with van der Waals surface area (Å²) in [6.45, 7) is 0. The van der Waals surface area contributed by atoms with Gasteiger partial charge < -0.3 is 15.8 Å². The molecule has 42 valence electrons. The van der Waals surface area contributed by atoms with Crippen molar-refractivity contribution in [2.24, 2.45) is 0 Å². The summed E-state index contributed by atoms with van der Waals surface area (Å²) in [5.41, 5.74) is 0. The van der Waals surface area contributed by atoms with Gasteiger partial charge in [-0.1, -0.05) is 0 Å². The van der Waals surface area contributed by atoms with Crippen LogP contribution < -0.4 is 6.15 Å². The van der Waals surface area contributed by atoms with Crippen molar-refractivity contribution < 1.29 is 13.9 Å². The van der Waals surface area contributed by atoms with Crippen LogP contribution in [-0.4, -0.2) is 49.4 Å². The van der Waals surface area contributed by atoms with Crippen LogP contribution in [0.2, 0.25) is 0 Å². The summed E-state index contributed by atoms with van der Waals surface area (Å²) in [6.07, 6.45) is 0. The van der Waals surface area contributed by atoms with Crippen LogP contribution in [-0.2, 0) is 11.1 Å². The Kier molecular flexibility index (Phi) is 22.6. The van der Waals surface area contributed by atoms with Gasteiger partial charge in [0.1, 0.15) is 5.94 Å². The van der Waals surface area contributed by atoms with Gasteiger partial charge in [0.05, 0.1) is 0 Å². The molecule has 7 heavy (non-hydrogen) atoms. The van der Waals surface area contributed by atoms with Crippen molar-refractivity contribution >= 4 is 40.6 Å². The van der Waals surface area contributed by atoms with Crippen LogP contribution in [0.3, 0.4) is 0 Å². The van der Waals surface area contributed by atoms with Gasteiger partial charge in [0, 0.05) is 0 Å². The predicted octanol–water partition coefficient (Wildman–Crippen LogP) is -1.33. The fourth-order valence-electron chi connectivity index (χ4n) is 0.